The third-order valence-electron chi connectivity index (χ3n) is 3.56. The first-order valence-electron chi connectivity index (χ1n) is 6.45. The molecule has 1 aromatic rings. The zero-order valence-corrected chi connectivity index (χ0v) is 11.8. The topological polar surface area (TPSA) is 55.2 Å². The van der Waals surface area contributed by atoms with Crippen LogP contribution >= 0.6 is 0 Å². The summed E-state index contributed by atoms with van der Waals surface area (Å²) in [5, 5.41) is -0.317. The van der Waals surface area contributed by atoms with Crippen LogP contribution in [0.3, 0.4) is 0 Å². The molecule has 5 nitrogen and oxygen atoms in total. The lowest BCUT2D eigenvalue weighted by Crippen LogP contribution is -2.42. The van der Waals surface area contributed by atoms with E-state index in [1.807, 2.05) is 12.5 Å². The zero-order valence-electron chi connectivity index (χ0n) is 11.0. The minimum Gasteiger partial charge on any atom is -0.337 e. The van der Waals surface area contributed by atoms with Crippen molar-refractivity contribution in [3.63, 3.8) is 0 Å². The van der Waals surface area contributed by atoms with Crippen molar-refractivity contribution in [2.24, 2.45) is 5.92 Å². The van der Waals surface area contributed by atoms with Gasteiger partial charge in [0.05, 0.1) is 11.6 Å². The van der Waals surface area contributed by atoms with Gasteiger partial charge in [0.25, 0.3) is 0 Å². The van der Waals surface area contributed by atoms with Gasteiger partial charge in [-0.05, 0) is 32.6 Å². The first-order chi connectivity index (χ1) is 8.50. The predicted molar refractivity (Wildman–Crippen MR) is 70.6 cm³/mol. The summed E-state index contributed by atoms with van der Waals surface area (Å²) in [6.45, 7) is 5.73. The Morgan fingerprint density at radius 2 is 2.00 bits per heavy atom. The molecule has 18 heavy (non-hydrogen) atoms. The van der Waals surface area contributed by atoms with Crippen LogP contribution in [0.4, 0.5) is 0 Å². The summed E-state index contributed by atoms with van der Waals surface area (Å²) in [6, 6.07) is 0. The molecule has 0 unspecified atom stereocenters. The molecule has 2 heterocycles. The summed E-state index contributed by atoms with van der Waals surface area (Å²) in [7, 11) is -3.07. The summed E-state index contributed by atoms with van der Waals surface area (Å²) in [5.74, 6) is 0.554. The van der Waals surface area contributed by atoms with Crippen LogP contribution in [-0.2, 0) is 16.6 Å². The Morgan fingerprint density at radius 1 is 1.33 bits per heavy atom. The number of hydrogen-bond acceptors (Lipinski definition) is 3. The molecular formula is C12H21N3O2S. The van der Waals surface area contributed by atoms with E-state index in [0.717, 1.165) is 19.4 Å². The average molecular weight is 271 g/mol. The molecule has 1 aliphatic rings. The van der Waals surface area contributed by atoms with Crippen molar-refractivity contribution >= 4 is 10.0 Å². The summed E-state index contributed by atoms with van der Waals surface area (Å²) in [6.07, 6.45) is 7.42. The molecule has 0 bridgehead atoms. The lowest BCUT2D eigenvalue weighted by Gasteiger charge is -2.32. The van der Waals surface area contributed by atoms with E-state index in [-0.39, 0.29) is 5.25 Å². The van der Waals surface area contributed by atoms with Crippen LogP contribution in [0.15, 0.2) is 18.7 Å². The first kappa shape index (κ1) is 13.5. The van der Waals surface area contributed by atoms with Crippen LogP contribution in [0.25, 0.3) is 0 Å². The van der Waals surface area contributed by atoms with Crippen molar-refractivity contribution in [2.75, 3.05) is 13.1 Å². The van der Waals surface area contributed by atoms with Crippen molar-refractivity contribution in [2.45, 2.75) is 38.5 Å². The van der Waals surface area contributed by atoms with Gasteiger partial charge < -0.3 is 4.57 Å². The van der Waals surface area contributed by atoms with Gasteiger partial charge in [-0.15, -0.1) is 0 Å². The van der Waals surface area contributed by atoms with E-state index in [2.05, 4.69) is 9.55 Å². The smallest absolute Gasteiger partial charge is 0.216 e. The van der Waals surface area contributed by atoms with E-state index in [0.29, 0.717) is 19.0 Å². The maximum Gasteiger partial charge on any atom is 0.216 e. The van der Waals surface area contributed by atoms with Gasteiger partial charge in [0.1, 0.15) is 0 Å². The van der Waals surface area contributed by atoms with Gasteiger partial charge in [-0.3, -0.25) is 0 Å². The summed E-state index contributed by atoms with van der Waals surface area (Å²) >= 11 is 0. The Morgan fingerprint density at radius 3 is 2.50 bits per heavy atom. The number of hydrogen-bond donors (Lipinski definition) is 0. The third kappa shape index (κ3) is 2.92. The number of piperidine rings is 1. The maximum absolute atomic E-state index is 12.0. The maximum atomic E-state index is 12.0. The molecule has 1 aromatic heterocycles. The Bertz CT molecular complexity index is 460. The van der Waals surface area contributed by atoms with Gasteiger partial charge in [-0.2, -0.15) is 0 Å². The first-order valence-corrected chi connectivity index (χ1v) is 7.95. The molecule has 0 aliphatic carbocycles. The van der Waals surface area contributed by atoms with E-state index in [1.54, 1.807) is 24.3 Å². The highest BCUT2D eigenvalue weighted by Crippen LogP contribution is 2.22. The lowest BCUT2D eigenvalue weighted by atomic mass is 9.98. The molecule has 0 radical (unpaired) electrons. The Kier molecular flexibility index (Phi) is 4.07. The van der Waals surface area contributed by atoms with Crippen LogP contribution < -0.4 is 0 Å². The zero-order chi connectivity index (χ0) is 13.2. The minimum atomic E-state index is -3.07. The van der Waals surface area contributed by atoms with Crippen molar-refractivity contribution < 1.29 is 8.42 Å². The van der Waals surface area contributed by atoms with E-state index in [9.17, 15) is 8.42 Å². The molecule has 0 spiro atoms. The van der Waals surface area contributed by atoms with Crippen LogP contribution in [-0.4, -0.2) is 40.6 Å². The highest BCUT2D eigenvalue weighted by atomic mass is 32.2. The lowest BCUT2D eigenvalue weighted by molar-refractivity contribution is 0.252. The molecule has 0 N–H and O–H groups in total. The van der Waals surface area contributed by atoms with Crippen molar-refractivity contribution in [1.29, 1.82) is 0 Å². The Hall–Kier alpha value is -0.880. The van der Waals surface area contributed by atoms with Gasteiger partial charge in [-0.25, -0.2) is 17.7 Å². The number of sulfonamides is 1. The second-order valence-corrected chi connectivity index (χ2v) is 7.68. The highest BCUT2D eigenvalue weighted by molar-refractivity contribution is 7.89. The van der Waals surface area contributed by atoms with Gasteiger partial charge >= 0.3 is 0 Å². The molecule has 1 saturated heterocycles. The van der Waals surface area contributed by atoms with E-state index < -0.39 is 10.0 Å². The van der Waals surface area contributed by atoms with Gasteiger partial charge in [0, 0.05) is 32.0 Å². The van der Waals surface area contributed by atoms with Crippen molar-refractivity contribution in [3.05, 3.63) is 18.7 Å². The Balaban J connectivity index is 1.89. The molecule has 0 atom stereocenters. The normalized spacial score (nSPS) is 19.5. The summed E-state index contributed by atoms with van der Waals surface area (Å²) < 4.78 is 27.7. The van der Waals surface area contributed by atoms with Gasteiger partial charge in [0.15, 0.2) is 0 Å². The minimum absolute atomic E-state index is 0.317. The number of rotatable bonds is 4. The number of aromatic nitrogens is 2. The average Bonchev–Trinajstić information content (AvgIpc) is 2.82. The summed E-state index contributed by atoms with van der Waals surface area (Å²) in [4.78, 5) is 4.02. The summed E-state index contributed by atoms with van der Waals surface area (Å²) in [5.41, 5.74) is 0. The van der Waals surface area contributed by atoms with Crippen LogP contribution in [0.1, 0.15) is 26.7 Å². The molecule has 0 saturated carbocycles. The standard InChI is InChI=1S/C12H21N3O2S/c1-11(2)18(16,17)15-6-3-12(4-7-15)9-14-8-5-13-10-14/h5,8,10-12H,3-4,6-7,9H2,1-2H3. The Labute approximate surface area is 109 Å². The second-order valence-electron chi connectivity index (χ2n) is 5.20. The van der Waals surface area contributed by atoms with Crippen LogP contribution in [0.5, 0.6) is 0 Å². The second kappa shape index (κ2) is 5.40. The molecular weight excluding hydrogens is 250 g/mol. The molecule has 6 heteroatoms. The molecule has 0 aromatic carbocycles. The quantitative estimate of drug-likeness (QED) is 0.830. The predicted octanol–water partition coefficient (Wildman–Crippen LogP) is 1.33. The number of nitrogens with zero attached hydrogens (tertiary/aromatic N) is 3. The highest BCUT2D eigenvalue weighted by Gasteiger charge is 2.30. The third-order valence-corrected chi connectivity index (χ3v) is 5.83. The molecule has 1 aliphatic heterocycles. The van der Waals surface area contributed by atoms with Gasteiger partial charge in [-0.1, -0.05) is 0 Å². The fourth-order valence-corrected chi connectivity index (χ4v) is 3.65. The molecule has 1 fully saturated rings. The van der Waals surface area contributed by atoms with Crippen molar-refractivity contribution in [1.82, 2.24) is 13.9 Å². The fourth-order valence-electron chi connectivity index (χ4n) is 2.34. The monoisotopic (exact) mass is 271 g/mol. The SMILES string of the molecule is CC(C)S(=O)(=O)N1CCC(Cn2ccnc2)CC1. The molecule has 0 amide bonds. The van der Waals surface area contributed by atoms with Crippen LogP contribution in [0.2, 0.25) is 0 Å². The van der Waals surface area contributed by atoms with E-state index in [1.165, 1.54) is 0 Å². The van der Waals surface area contributed by atoms with Gasteiger partial charge in [0.2, 0.25) is 10.0 Å². The molecule has 102 valence electrons. The van der Waals surface area contributed by atoms with E-state index in [4.69, 9.17) is 0 Å². The van der Waals surface area contributed by atoms with E-state index >= 15 is 0 Å². The van der Waals surface area contributed by atoms with Crippen molar-refractivity contribution in [3.8, 4) is 0 Å². The number of imidazole rings is 1. The largest absolute Gasteiger partial charge is 0.337 e. The molecule has 2 rings (SSSR count). The fraction of sp³-hybridized carbons (Fsp3) is 0.750. The van der Waals surface area contributed by atoms with Crippen LogP contribution in [0, 0.1) is 5.92 Å².